The molecule has 1 rings (SSSR count). The van der Waals surface area contributed by atoms with E-state index in [1.54, 1.807) is 18.2 Å². The SMILES string of the molecule is CNC(C)(C)Cc1cc(Cl)ccc1O. The van der Waals surface area contributed by atoms with Crippen LogP contribution in [-0.4, -0.2) is 17.7 Å². The summed E-state index contributed by atoms with van der Waals surface area (Å²) >= 11 is 5.86. The quantitative estimate of drug-likeness (QED) is 0.809. The van der Waals surface area contributed by atoms with Crippen LogP contribution in [0.4, 0.5) is 0 Å². The van der Waals surface area contributed by atoms with Gasteiger partial charge in [-0.05, 0) is 51.1 Å². The molecule has 1 aromatic carbocycles. The number of benzene rings is 1. The largest absolute Gasteiger partial charge is 0.508 e. The van der Waals surface area contributed by atoms with Crippen LogP contribution in [0.5, 0.6) is 5.75 Å². The van der Waals surface area contributed by atoms with Gasteiger partial charge in [-0.1, -0.05) is 11.6 Å². The topological polar surface area (TPSA) is 32.3 Å². The zero-order valence-electron chi connectivity index (χ0n) is 8.76. The highest BCUT2D eigenvalue weighted by Gasteiger charge is 2.17. The lowest BCUT2D eigenvalue weighted by Crippen LogP contribution is -2.38. The third-order valence-corrected chi connectivity index (χ3v) is 2.59. The van der Waals surface area contributed by atoms with Crippen molar-refractivity contribution >= 4 is 11.6 Å². The first-order valence-electron chi connectivity index (χ1n) is 4.61. The molecule has 1 aromatic rings. The van der Waals surface area contributed by atoms with Gasteiger partial charge < -0.3 is 10.4 Å². The van der Waals surface area contributed by atoms with Crippen molar-refractivity contribution in [1.29, 1.82) is 0 Å². The van der Waals surface area contributed by atoms with Crippen LogP contribution < -0.4 is 5.32 Å². The van der Waals surface area contributed by atoms with Crippen LogP contribution in [0.3, 0.4) is 0 Å². The first kappa shape index (κ1) is 11.3. The second-order valence-electron chi connectivity index (χ2n) is 4.08. The van der Waals surface area contributed by atoms with Crippen LogP contribution in [0, 0.1) is 0 Å². The maximum Gasteiger partial charge on any atom is 0.118 e. The molecule has 0 saturated heterocycles. The molecule has 0 radical (unpaired) electrons. The monoisotopic (exact) mass is 213 g/mol. The second-order valence-corrected chi connectivity index (χ2v) is 4.52. The van der Waals surface area contributed by atoms with E-state index in [9.17, 15) is 5.11 Å². The van der Waals surface area contributed by atoms with Gasteiger partial charge >= 0.3 is 0 Å². The Balaban J connectivity index is 2.91. The summed E-state index contributed by atoms with van der Waals surface area (Å²) in [6.45, 7) is 4.15. The summed E-state index contributed by atoms with van der Waals surface area (Å²) in [5.41, 5.74) is 0.833. The molecule has 0 spiro atoms. The first-order chi connectivity index (χ1) is 6.44. The van der Waals surface area contributed by atoms with Crippen LogP contribution in [0.15, 0.2) is 18.2 Å². The number of halogens is 1. The number of phenolic OH excluding ortho intramolecular Hbond substituents is 1. The zero-order valence-corrected chi connectivity index (χ0v) is 9.52. The average Bonchev–Trinajstić information content (AvgIpc) is 2.11. The molecule has 0 bridgehead atoms. The molecular formula is C11H16ClNO. The molecule has 0 aliphatic heterocycles. The highest BCUT2D eigenvalue weighted by molar-refractivity contribution is 6.30. The van der Waals surface area contributed by atoms with E-state index in [1.807, 2.05) is 7.05 Å². The van der Waals surface area contributed by atoms with Crippen molar-refractivity contribution < 1.29 is 5.11 Å². The van der Waals surface area contributed by atoms with Crippen LogP contribution in [0.25, 0.3) is 0 Å². The van der Waals surface area contributed by atoms with Gasteiger partial charge in [-0.15, -0.1) is 0 Å². The summed E-state index contributed by atoms with van der Waals surface area (Å²) in [5.74, 6) is 0.303. The van der Waals surface area contributed by atoms with Crippen molar-refractivity contribution in [3.63, 3.8) is 0 Å². The fraction of sp³-hybridized carbons (Fsp3) is 0.455. The Morgan fingerprint density at radius 2 is 2.07 bits per heavy atom. The van der Waals surface area contributed by atoms with Crippen molar-refractivity contribution in [2.24, 2.45) is 0 Å². The van der Waals surface area contributed by atoms with Gasteiger partial charge in [-0.3, -0.25) is 0 Å². The Bertz CT molecular complexity index is 323. The van der Waals surface area contributed by atoms with Crippen LogP contribution in [-0.2, 0) is 6.42 Å². The summed E-state index contributed by atoms with van der Waals surface area (Å²) in [5, 5.41) is 13.4. The van der Waals surface area contributed by atoms with Crippen molar-refractivity contribution in [2.45, 2.75) is 25.8 Å². The number of likely N-dealkylation sites (N-methyl/N-ethyl adjacent to an activating group) is 1. The van der Waals surface area contributed by atoms with Crippen LogP contribution in [0.2, 0.25) is 5.02 Å². The fourth-order valence-corrected chi connectivity index (χ4v) is 1.45. The molecule has 0 saturated carbocycles. The van der Waals surface area contributed by atoms with Gasteiger partial charge in [0.15, 0.2) is 0 Å². The van der Waals surface area contributed by atoms with E-state index in [4.69, 9.17) is 11.6 Å². The van der Waals surface area contributed by atoms with E-state index in [1.165, 1.54) is 0 Å². The third kappa shape index (κ3) is 2.89. The molecule has 2 nitrogen and oxygen atoms in total. The predicted molar refractivity (Wildman–Crippen MR) is 60.0 cm³/mol. The number of phenols is 1. The summed E-state index contributed by atoms with van der Waals surface area (Å²) in [6, 6.07) is 5.12. The van der Waals surface area contributed by atoms with Gasteiger partial charge in [-0.2, -0.15) is 0 Å². The second kappa shape index (κ2) is 4.20. The molecule has 3 heteroatoms. The van der Waals surface area contributed by atoms with E-state index in [2.05, 4.69) is 19.2 Å². The van der Waals surface area contributed by atoms with E-state index in [-0.39, 0.29) is 5.54 Å². The summed E-state index contributed by atoms with van der Waals surface area (Å²) in [4.78, 5) is 0. The van der Waals surface area contributed by atoms with Gasteiger partial charge in [-0.25, -0.2) is 0 Å². The molecule has 2 N–H and O–H groups in total. The van der Waals surface area contributed by atoms with Gasteiger partial charge in [0.25, 0.3) is 0 Å². The number of hydrogen-bond acceptors (Lipinski definition) is 2. The molecule has 0 aliphatic carbocycles. The van der Waals surface area contributed by atoms with Crippen molar-refractivity contribution in [2.75, 3.05) is 7.05 Å². The van der Waals surface area contributed by atoms with E-state index < -0.39 is 0 Å². The Morgan fingerprint density at radius 1 is 1.43 bits per heavy atom. The maximum atomic E-state index is 9.61. The fourth-order valence-electron chi connectivity index (χ4n) is 1.26. The molecule has 0 aliphatic rings. The Hall–Kier alpha value is -0.730. The van der Waals surface area contributed by atoms with E-state index >= 15 is 0 Å². The van der Waals surface area contributed by atoms with Gasteiger partial charge in [0.1, 0.15) is 5.75 Å². The first-order valence-corrected chi connectivity index (χ1v) is 4.99. The summed E-state index contributed by atoms with van der Waals surface area (Å²) < 4.78 is 0. The van der Waals surface area contributed by atoms with E-state index in [0.717, 1.165) is 12.0 Å². The minimum atomic E-state index is -0.0395. The molecular weight excluding hydrogens is 198 g/mol. The van der Waals surface area contributed by atoms with Gasteiger partial charge in [0.2, 0.25) is 0 Å². The Kier molecular flexibility index (Phi) is 3.40. The standard InChI is InChI=1S/C11H16ClNO/c1-11(2,13-3)7-8-6-9(12)4-5-10(8)14/h4-6,13-14H,7H2,1-3H3. The minimum absolute atomic E-state index is 0.0395. The highest BCUT2D eigenvalue weighted by Crippen LogP contribution is 2.25. The lowest BCUT2D eigenvalue weighted by atomic mass is 9.95. The molecule has 0 unspecified atom stereocenters. The maximum absolute atomic E-state index is 9.61. The Morgan fingerprint density at radius 3 is 2.64 bits per heavy atom. The molecule has 14 heavy (non-hydrogen) atoms. The van der Waals surface area contributed by atoms with Gasteiger partial charge in [0.05, 0.1) is 0 Å². The van der Waals surface area contributed by atoms with E-state index in [0.29, 0.717) is 10.8 Å². The predicted octanol–water partition coefficient (Wildman–Crippen LogP) is 2.59. The molecule has 0 atom stereocenters. The average molecular weight is 214 g/mol. The summed E-state index contributed by atoms with van der Waals surface area (Å²) in [7, 11) is 1.90. The van der Waals surface area contributed by atoms with Crippen LogP contribution >= 0.6 is 11.6 Å². The molecule has 0 aromatic heterocycles. The molecule has 0 fully saturated rings. The lowest BCUT2D eigenvalue weighted by Gasteiger charge is -2.24. The van der Waals surface area contributed by atoms with Crippen molar-refractivity contribution in [1.82, 2.24) is 5.32 Å². The smallest absolute Gasteiger partial charge is 0.118 e. The normalized spacial score (nSPS) is 11.7. The number of nitrogens with one attached hydrogen (secondary N) is 1. The highest BCUT2D eigenvalue weighted by atomic mass is 35.5. The number of hydrogen-bond donors (Lipinski definition) is 2. The minimum Gasteiger partial charge on any atom is -0.508 e. The van der Waals surface area contributed by atoms with Crippen molar-refractivity contribution in [3.05, 3.63) is 28.8 Å². The number of rotatable bonds is 3. The molecule has 0 amide bonds. The van der Waals surface area contributed by atoms with Crippen LogP contribution in [0.1, 0.15) is 19.4 Å². The van der Waals surface area contributed by atoms with Crippen molar-refractivity contribution in [3.8, 4) is 5.75 Å². The lowest BCUT2D eigenvalue weighted by molar-refractivity contribution is 0.405. The Labute approximate surface area is 89.9 Å². The zero-order chi connectivity index (χ0) is 10.8. The van der Waals surface area contributed by atoms with Gasteiger partial charge in [0, 0.05) is 10.6 Å². The molecule has 0 heterocycles. The summed E-state index contributed by atoms with van der Waals surface area (Å²) in [6.07, 6.45) is 0.746. The molecule has 78 valence electrons. The number of aromatic hydroxyl groups is 1. The third-order valence-electron chi connectivity index (χ3n) is 2.35.